The Morgan fingerprint density at radius 1 is 1.45 bits per heavy atom. The quantitative estimate of drug-likeness (QED) is 0.429. The van der Waals surface area contributed by atoms with Crippen LogP contribution in [0.2, 0.25) is 0 Å². The summed E-state index contributed by atoms with van der Waals surface area (Å²) in [5.74, 6) is 1.03. The van der Waals surface area contributed by atoms with Gasteiger partial charge in [-0.25, -0.2) is 0 Å². The maximum absolute atomic E-state index is 11.2. The number of fused-ring (bicyclic) bond motifs is 1. The second-order valence-corrected chi connectivity index (χ2v) is 5.51. The van der Waals surface area contributed by atoms with Crippen molar-refractivity contribution in [2.45, 2.75) is 6.92 Å². The highest BCUT2D eigenvalue weighted by Crippen LogP contribution is 2.27. The van der Waals surface area contributed by atoms with Gasteiger partial charge in [-0.3, -0.25) is 0 Å². The number of anilines is 1. The molecule has 3 aromatic rings. The first-order valence-corrected chi connectivity index (χ1v) is 7.57. The summed E-state index contributed by atoms with van der Waals surface area (Å²) in [5.41, 5.74) is 1.05. The molecule has 8 heteroatoms. The zero-order valence-corrected chi connectivity index (χ0v) is 12.7. The summed E-state index contributed by atoms with van der Waals surface area (Å²) in [6.07, 6.45) is 1.64. The molecular formula is C14H14N4O3S. The van der Waals surface area contributed by atoms with Gasteiger partial charge >= 0.3 is 5.82 Å². The summed E-state index contributed by atoms with van der Waals surface area (Å²) in [7, 11) is 0. The van der Waals surface area contributed by atoms with Crippen LogP contribution in [-0.2, 0) is 0 Å². The van der Waals surface area contributed by atoms with Gasteiger partial charge in [0.05, 0.1) is 6.54 Å². The van der Waals surface area contributed by atoms with Crippen molar-refractivity contribution in [1.82, 2.24) is 9.38 Å². The lowest BCUT2D eigenvalue weighted by molar-refractivity contribution is -0.389. The molecule has 1 N–H and O–H groups in total. The highest BCUT2D eigenvalue weighted by molar-refractivity contribution is 7.15. The van der Waals surface area contributed by atoms with Gasteiger partial charge in [0.15, 0.2) is 0 Å². The second kappa shape index (κ2) is 6.02. The van der Waals surface area contributed by atoms with E-state index in [0.717, 1.165) is 11.3 Å². The third-order valence-corrected chi connectivity index (χ3v) is 3.91. The number of ether oxygens (including phenoxy) is 1. The first kappa shape index (κ1) is 14.3. The Hall–Kier alpha value is -2.61. The van der Waals surface area contributed by atoms with Gasteiger partial charge in [-0.15, -0.1) is 0 Å². The van der Waals surface area contributed by atoms with E-state index in [9.17, 15) is 10.1 Å². The molecule has 0 spiro atoms. The molecule has 22 heavy (non-hydrogen) atoms. The monoisotopic (exact) mass is 318 g/mol. The first-order chi connectivity index (χ1) is 10.7. The normalized spacial score (nSPS) is 10.8. The van der Waals surface area contributed by atoms with Crippen LogP contribution in [0.3, 0.4) is 0 Å². The number of aryl methyl sites for hydroxylation is 1. The number of nitrogens with zero attached hydrogens (tertiary/aromatic N) is 3. The molecule has 2 aromatic heterocycles. The van der Waals surface area contributed by atoms with E-state index in [1.165, 1.54) is 15.7 Å². The predicted molar refractivity (Wildman–Crippen MR) is 84.9 cm³/mol. The van der Waals surface area contributed by atoms with Crippen molar-refractivity contribution in [3.8, 4) is 5.75 Å². The van der Waals surface area contributed by atoms with Crippen molar-refractivity contribution in [2.75, 3.05) is 18.5 Å². The number of imidazole rings is 1. The second-order valence-electron chi connectivity index (χ2n) is 4.64. The van der Waals surface area contributed by atoms with Gasteiger partial charge in [0.2, 0.25) is 5.82 Å². The minimum Gasteiger partial charge on any atom is -0.491 e. The Bertz CT molecular complexity index is 811. The molecule has 0 aliphatic carbocycles. The van der Waals surface area contributed by atoms with Crippen LogP contribution < -0.4 is 10.1 Å². The number of para-hydroxylation sites is 1. The average Bonchev–Trinajstić information content (AvgIpc) is 3.05. The summed E-state index contributed by atoms with van der Waals surface area (Å²) in [4.78, 5) is 15.6. The molecule has 2 heterocycles. The fourth-order valence-corrected chi connectivity index (χ4v) is 2.82. The summed E-state index contributed by atoms with van der Waals surface area (Å²) < 4.78 is 7.12. The fourth-order valence-electron chi connectivity index (χ4n) is 2.12. The molecule has 0 atom stereocenters. The predicted octanol–water partition coefficient (Wildman–Crippen LogP) is 3.10. The number of rotatable bonds is 6. The van der Waals surface area contributed by atoms with Crippen molar-refractivity contribution in [3.63, 3.8) is 0 Å². The molecule has 0 aliphatic heterocycles. The van der Waals surface area contributed by atoms with Crippen LogP contribution in [0.25, 0.3) is 4.96 Å². The van der Waals surface area contributed by atoms with Crippen LogP contribution in [0, 0.1) is 17.0 Å². The van der Waals surface area contributed by atoms with E-state index >= 15 is 0 Å². The molecule has 0 bridgehead atoms. The van der Waals surface area contributed by atoms with Crippen LogP contribution in [0.4, 0.5) is 11.6 Å². The molecule has 0 unspecified atom stereocenters. The first-order valence-electron chi connectivity index (χ1n) is 6.69. The lowest BCUT2D eigenvalue weighted by Gasteiger charge is -2.09. The summed E-state index contributed by atoms with van der Waals surface area (Å²) in [5, 5.41) is 15.9. The molecule has 7 nitrogen and oxygen atoms in total. The van der Waals surface area contributed by atoms with Crippen LogP contribution in [0.15, 0.2) is 35.8 Å². The van der Waals surface area contributed by atoms with Gasteiger partial charge in [0, 0.05) is 5.38 Å². The molecule has 0 saturated carbocycles. The SMILES string of the molecule is Cc1ccccc1OCCNc1nc2sccn2c1[N+](=O)[O-]. The Balaban J connectivity index is 1.64. The summed E-state index contributed by atoms with van der Waals surface area (Å²) in [6.45, 7) is 2.80. The zero-order chi connectivity index (χ0) is 15.5. The Morgan fingerprint density at radius 2 is 2.27 bits per heavy atom. The highest BCUT2D eigenvalue weighted by atomic mass is 32.1. The Kier molecular flexibility index (Phi) is 3.92. The van der Waals surface area contributed by atoms with E-state index in [1.54, 1.807) is 11.6 Å². The van der Waals surface area contributed by atoms with Crippen molar-refractivity contribution in [3.05, 3.63) is 51.5 Å². The largest absolute Gasteiger partial charge is 0.491 e. The van der Waals surface area contributed by atoms with Crippen molar-refractivity contribution in [1.29, 1.82) is 0 Å². The Morgan fingerprint density at radius 3 is 3.05 bits per heavy atom. The average molecular weight is 318 g/mol. The maximum atomic E-state index is 11.2. The number of hydrogen-bond acceptors (Lipinski definition) is 6. The van der Waals surface area contributed by atoms with E-state index in [-0.39, 0.29) is 11.6 Å². The molecule has 0 radical (unpaired) electrons. The number of aromatic nitrogens is 2. The molecular weight excluding hydrogens is 304 g/mol. The topological polar surface area (TPSA) is 81.7 Å². The van der Waals surface area contributed by atoms with E-state index in [2.05, 4.69) is 10.3 Å². The van der Waals surface area contributed by atoms with Crippen molar-refractivity contribution in [2.24, 2.45) is 0 Å². The lowest BCUT2D eigenvalue weighted by atomic mass is 10.2. The molecule has 114 valence electrons. The minimum atomic E-state index is -0.433. The van der Waals surface area contributed by atoms with Gasteiger partial charge in [0.25, 0.3) is 4.96 Å². The minimum absolute atomic E-state index is 0.0489. The van der Waals surface area contributed by atoms with Gasteiger partial charge in [-0.05, 0) is 23.5 Å². The summed E-state index contributed by atoms with van der Waals surface area (Å²) >= 11 is 1.35. The van der Waals surface area contributed by atoms with Crippen molar-refractivity contribution >= 4 is 27.9 Å². The third kappa shape index (κ3) is 2.73. The lowest BCUT2D eigenvalue weighted by Crippen LogP contribution is -2.13. The number of nitrogens with one attached hydrogen (secondary N) is 1. The van der Waals surface area contributed by atoms with E-state index in [1.807, 2.05) is 31.2 Å². The zero-order valence-electron chi connectivity index (χ0n) is 11.9. The molecule has 0 saturated heterocycles. The molecule has 0 amide bonds. The number of hydrogen-bond donors (Lipinski definition) is 1. The number of benzene rings is 1. The third-order valence-electron chi connectivity index (χ3n) is 3.16. The standard InChI is InChI=1S/C14H14N4O3S/c1-10-4-2-3-5-11(10)21-8-6-15-12-13(18(19)20)17-7-9-22-14(17)16-12/h2-5,7,9,15H,6,8H2,1H3. The molecule has 3 rings (SSSR count). The fraction of sp³-hybridized carbons (Fsp3) is 0.214. The van der Waals surface area contributed by atoms with Gasteiger partial charge in [-0.2, -0.15) is 9.38 Å². The molecule has 0 aliphatic rings. The van der Waals surface area contributed by atoms with Crippen molar-refractivity contribution < 1.29 is 9.66 Å². The van der Waals surface area contributed by atoms with E-state index in [4.69, 9.17) is 4.74 Å². The van der Waals surface area contributed by atoms with Gasteiger partial charge < -0.3 is 20.2 Å². The van der Waals surface area contributed by atoms with Crippen LogP contribution in [0.1, 0.15) is 5.56 Å². The van der Waals surface area contributed by atoms with E-state index < -0.39 is 4.92 Å². The molecule has 1 aromatic carbocycles. The maximum Gasteiger partial charge on any atom is 0.372 e. The van der Waals surface area contributed by atoms with Gasteiger partial charge in [0.1, 0.15) is 18.6 Å². The summed E-state index contributed by atoms with van der Waals surface area (Å²) in [6, 6.07) is 7.72. The van der Waals surface area contributed by atoms with Crippen LogP contribution in [0.5, 0.6) is 5.75 Å². The van der Waals surface area contributed by atoms with Gasteiger partial charge in [-0.1, -0.05) is 29.5 Å². The highest BCUT2D eigenvalue weighted by Gasteiger charge is 2.23. The number of nitro groups is 1. The van der Waals surface area contributed by atoms with E-state index in [0.29, 0.717) is 18.1 Å². The van der Waals surface area contributed by atoms with Crippen LogP contribution in [-0.4, -0.2) is 27.5 Å². The Labute approximate surface area is 130 Å². The van der Waals surface area contributed by atoms with Crippen LogP contribution >= 0.6 is 11.3 Å². The molecule has 0 fully saturated rings. The number of thiazole rings is 1. The smallest absolute Gasteiger partial charge is 0.372 e.